The highest BCUT2D eigenvalue weighted by Gasteiger charge is 2.00. The van der Waals surface area contributed by atoms with Gasteiger partial charge >= 0.3 is 0 Å². The Kier molecular flexibility index (Phi) is 88.0. The van der Waals surface area contributed by atoms with Gasteiger partial charge in [0.25, 0.3) is 0 Å². The maximum Gasteiger partial charge on any atom is 0.0770 e. The average Bonchev–Trinajstić information content (AvgIpc) is 3.03. The lowest BCUT2D eigenvalue weighted by Gasteiger charge is -2.06. The SMILES string of the molecule is OCC(O)CCCCCCCCCCCCCCCCS.OCCO.OCCO.OCCO.OCCO.OCCO. The van der Waals surface area contributed by atoms with Crippen LogP contribution in [0.4, 0.5) is 0 Å². The van der Waals surface area contributed by atoms with Crippen LogP contribution in [0.1, 0.15) is 96.3 Å². The van der Waals surface area contributed by atoms with Gasteiger partial charge in [-0.15, -0.1) is 0 Å². The summed E-state index contributed by atoms with van der Waals surface area (Å²) in [4.78, 5) is 0. The van der Waals surface area contributed by atoms with Crippen LogP contribution >= 0.6 is 12.6 Å². The minimum absolute atomic E-state index is 0.0881. The molecule has 0 aliphatic heterocycles. The minimum atomic E-state index is -0.497. The Balaban J connectivity index is -0.000000123. The predicted molar refractivity (Wildman–Crippen MR) is 167 cm³/mol. The van der Waals surface area contributed by atoms with Crippen molar-refractivity contribution in [3.05, 3.63) is 0 Å². The van der Waals surface area contributed by atoms with Crippen molar-refractivity contribution in [1.82, 2.24) is 0 Å². The maximum atomic E-state index is 9.21. The Morgan fingerprint density at radius 1 is 0.317 bits per heavy atom. The highest BCUT2D eigenvalue weighted by molar-refractivity contribution is 7.80. The summed E-state index contributed by atoms with van der Waals surface area (Å²) in [6.07, 6.45) is 19.0. The first-order valence-corrected chi connectivity index (χ1v) is 15.5. The number of unbranched alkanes of at least 4 members (excludes halogenated alkanes) is 13. The fourth-order valence-electron chi connectivity index (χ4n) is 2.70. The second-order valence-electron chi connectivity index (χ2n) is 8.53. The fraction of sp³-hybridized carbons (Fsp3) is 1.00. The summed E-state index contributed by atoms with van der Waals surface area (Å²) < 4.78 is 0. The first-order chi connectivity index (χ1) is 19.9. The van der Waals surface area contributed by atoms with E-state index in [2.05, 4.69) is 12.6 Å². The third-order valence-corrected chi connectivity index (χ3v) is 4.97. The van der Waals surface area contributed by atoms with Crippen molar-refractivity contribution in [2.45, 2.75) is 102 Å². The molecular weight excluding hydrogens is 560 g/mol. The monoisotopic (exact) mass is 628 g/mol. The fourth-order valence-corrected chi connectivity index (χ4v) is 2.93. The molecule has 258 valence electrons. The molecule has 12 N–H and O–H groups in total. The van der Waals surface area contributed by atoms with E-state index in [0.29, 0.717) is 0 Å². The van der Waals surface area contributed by atoms with E-state index in [4.69, 9.17) is 56.2 Å². The molecule has 12 nitrogen and oxygen atoms in total. The van der Waals surface area contributed by atoms with Crippen LogP contribution in [0.25, 0.3) is 0 Å². The molecule has 0 saturated carbocycles. The third-order valence-electron chi connectivity index (χ3n) is 4.66. The maximum absolute atomic E-state index is 9.21. The Labute approximate surface area is 254 Å². The van der Waals surface area contributed by atoms with Crippen LogP contribution in [-0.2, 0) is 0 Å². The van der Waals surface area contributed by atoms with Gasteiger partial charge in [-0.05, 0) is 18.6 Å². The lowest BCUT2D eigenvalue weighted by atomic mass is 10.0. The van der Waals surface area contributed by atoms with Gasteiger partial charge in [0, 0.05) is 0 Å². The zero-order valence-electron chi connectivity index (χ0n) is 25.5. The van der Waals surface area contributed by atoms with Crippen LogP contribution in [0, 0.1) is 0 Å². The number of rotatable bonds is 22. The van der Waals surface area contributed by atoms with Crippen LogP contribution in [-0.4, -0.2) is 146 Å². The summed E-state index contributed by atoms with van der Waals surface area (Å²) in [5.74, 6) is 1.04. The summed E-state index contributed by atoms with van der Waals surface area (Å²) in [6, 6.07) is 0. The minimum Gasteiger partial charge on any atom is -0.394 e. The molecule has 0 aromatic carbocycles. The summed E-state index contributed by atoms with van der Waals surface area (Å²) >= 11 is 4.23. The predicted octanol–water partition coefficient (Wildman–Crippen LogP) is -0.0241. The van der Waals surface area contributed by atoms with E-state index >= 15 is 0 Å². The molecule has 1 atom stereocenters. The zero-order valence-corrected chi connectivity index (χ0v) is 26.4. The van der Waals surface area contributed by atoms with E-state index in [1.165, 1.54) is 83.5 Å². The lowest BCUT2D eigenvalue weighted by molar-refractivity contribution is 0.0860. The Morgan fingerprint density at radius 3 is 0.683 bits per heavy atom. The number of thiol groups is 1. The topological polar surface area (TPSA) is 243 Å². The van der Waals surface area contributed by atoms with Crippen LogP contribution in [0.5, 0.6) is 0 Å². The van der Waals surface area contributed by atoms with Crippen LogP contribution < -0.4 is 0 Å². The Hall–Kier alpha value is -0.130. The van der Waals surface area contributed by atoms with Gasteiger partial charge in [0.05, 0.1) is 78.8 Å². The van der Waals surface area contributed by atoms with Crippen molar-refractivity contribution >= 4 is 12.6 Å². The molecule has 0 bridgehead atoms. The molecular formula is C28H68O12S. The van der Waals surface area contributed by atoms with Gasteiger partial charge in [-0.2, -0.15) is 12.6 Å². The van der Waals surface area contributed by atoms with E-state index in [-0.39, 0.29) is 72.7 Å². The van der Waals surface area contributed by atoms with Gasteiger partial charge in [-0.3, -0.25) is 0 Å². The van der Waals surface area contributed by atoms with Crippen molar-refractivity contribution in [3.63, 3.8) is 0 Å². The van der Waals surface area contributed by atoms with Gasteiger partial charge in [-0.25, -0.2) is 0 Å². The van der Waals surface area contributed by atoms with Crippen LogP contribution in [0.3, 0.4) is 0 Å². The van der Waals surface area contributed by atoms with Gasteiger partial charge in [0.15, 0.2) is 0 Å². The van der Waals surface area contributed by atoms with Crippen molar-refractivity contribution < 1.29 is 61.3 Å². The molecule has 41 heavy (non-hydrogen) atoms. The highest BCUT2D eigenvalue weighted by atomic mass is 32.1. The molecule has 0 aromatic rings. The molecule has 0 spiro atoms. The van der Waals surface area contributed by atoms with Crippen LogP contribution in [0.15, 0.2) is 0 Å². The average molecular weight is 629 g/mol. The molecule has 0 radical (unpaired) electrons. The highest BCUT2D eigenvalue weighted by Crippen LogP contribution is 2.13. The Bertz CT molecular complexity index is 303. The first kappa shape index (κ1) is 53.4. The molecule has 0 fully saturated rings. The third kappa shape index (κ3) is 100. The summed E-state index contributed by atoms with van der Waals surface area (Å²) in [7, 11) is 0. The number of aliphatic hydroxyl groups excluding tert-OH is 12. The van der Waals surface area contributed by atoms with E-state index < -0.39 is 6.10 Å². The van der Waals surface area contributed by atoms with Gasteiger partial charge < -0.3 is 61.3 Å². The number of hydrogen-bond acceptors (Lipinski definition) is 13. The Morgan fingerprint density at radius 2 is 0.512 bits per heavy atom. The molecule has 0 aliphatic carbocycles. The van der Waals surface area contributed by atoms with E-state index in [1.807, 2.05) is 0 Å². The zero-order chi connectivity index (χ0) is 32.7. The normalized spacial score (nSPS) is 10.2. The molecule has 0 rings (SSSR count). The molecule has 0 aliphatic rings. The molecule has 0 amide bonds. The van der Waals surface area contributed by atoms with Crippen LogP contribution in [0.2, 0.25) is 0 Å². The van der Waals surface area contributed by atoms with Crippen molar-refractivity contribution in [3.8, 4) is 0 Å². The quantitative estimate of drug-likeness (QED) is 0.0559. The second-order valence-corrected chi connectivity index (χ2v) is 8.98. The van der Waals surface area contributed by atoms with Crippen molar-refractivity contribution in [1.29, 1.82) is 0 Å². The van der Waals surface area contributed by atoms with Gasteiger partial charge in [-0.1, -0.05) is 83.5 Å². The van der Waals surface area contributed by atoms with E-state index in [1.54, 1.807) is 0 Å². The molecule has 13 heteroatoms. The van der Waals surface area contributed by atoms with Gasteiger partial charge in [0.2, 0.25) is 0 Å². The first-order valence-electron chi connectivity index (χ1n) is 14.9. The molecule has 0 heterocycles. The van der Waals surface area contributed by atoms with E-state index in [9.17, 15) is 5.11 Å². The summed E-state index contributed by atoms with van der Waals surface area (Å²) in [5.41, 5.74) is 0. The molecule has 0 aromatic heterocycles. The standard InChI is InChI=1S/C18H38O2S.5C2H6O2/c19-17-18(20)15-13-11-9-7-5-3-1-2-4-6-8-10-12-14-16-21;5*3-1-2-4/h18-21H,1-17H2;5*3-4H,1-2H2. The van der Waals surface area contributed by atoms with Crippen molar-refractivity contribution in [2.75, 3.05) is 78.4 Å². The smallest absolute Gasteiger partial charge is 0.0770 e. The van der Waals surface area contributed by atoms with E-state index in [0.717, 1.165) is 18.6 Å². The van der Waals surface area contributed by atoms with Gasteiger partial charge in [0.1, 0.15) is 0 Å². The van der Waals surface area contributed by atoms with Crippen molar-refractivity contribution in [2.24, 2.45) is 0 Å². The summed E-state index contributed by atoms with van der Waals surface area (Å²) in [5, 5.41) is 94.2. The largest absolute Gasteiger partial charge is 0.394 e. The lowest BCUT2D eigenvalue weighted by Crippen LogP contribution is -2.10. The molecule has 0 saturated heterocycles. The number of aliphatic hydroxyl groups is 12. The second kappa shape index (κ2) is 67.5. The molecule has 1 unspecified atom stereocenters. The summed E-state index contributed by atoms with van der Waals surface area (Å²) in [6.45, 7) is -1.34. The number of hydrogen-bond donors (Lipinski definition) is 13.